The monoisotopic (exact) mass is 2520 g/mol. The molecule has 45 heteroatoms. The van der Waals surface area contributed by atoms with E-state index in [1.165, 1.54) is 48.6 Å². The van der Waals surface area contributed by atoms with E-state index < -0.39 is 75.5 Å². The number of sulfonamides is 1. The molecule has 3 N–H and O–H groups in total. The third-order valence-electron chi connectivity index (χ3n) is 20.5. The summed E-state index contributed by atoms with van der Waals surface area (Å²) in [7, 11) is -3.19. The number of hydrogen-bond acceptors (Lipinski definition) is 25. The summed E-state index contributed by atoms with van der Waals surface area (Å²) < 4.78 is 57.7. The van der Waals surface area contributed by atoms with Crippen molar-refractivity contribution in [3.8, 4) is 0 Å². The number of cyclic esters (lactones) is 7. The van der Waals surface area contributed by atoms with Gasteiger partial charge in [-0.1, -0.05) is 269 Å². The van der Waals surface area contributed by atoms with E-state index >= 15 is 0 Å². The van der Waals surface area contributed by atoms with E-state index in [-0.39, 0.29) is 366 Å². The number of alkyl halides is 3. The number of nitrogens with one attached hydrogen (secondary N) is 1. The molecule has 0 bridgehead atoms. The van der Waals surface area contributed by atoms with Crippen molar-refractivity contribution in [2.75, 3.05) is 69.8 Å². The summed E-state index contributed by atoms with van der Waals surface area (Å²) in [6.45, 7) is 12.1. The van der Waals surface area contributed by atoms with Crippen molar-refractivity contribution < 1.29 is 366 Å². The maximum Gasteiger partial charge on any atom is 1.00 e. The molecule has 7 aromatic carbocycles. The standard InChI is InChI=1S/C14H15BrNO3.C14H15N4O3.C14H16NO3.C14H15NO3.C13H15NO3.C12H12BrNO3.C10H11NO2.C5H12NO3S.C2H2Br2O.Li.4Rb/c1-2-12(15)13(17)16-11(9-19-14(16)18)8-10-6-4-3-5-7-10;1-2-12(16-17-15)13(19)18-11(9-21-14(18)20)8-10-6-4-3-5-7-10;2*1-2-6-13(16)15-12(10-18-14(15)17)9-11-7-4-3-5-8-11;1-2-12(15)14-11(9-17-13(14)16)8-10-6-4-3-5-7-10;13-7-11(15)14-10(8-17-12(14)16)6-9-4-2-1-3-5-9;12-10-11-9(7-13-10)6-8-4-2-1-3-5-8;1-3-5(4-7)6-10(2,8)9;3-1-2(4)5;;;;;/h2-7,11-12H,8-9H2,1H3;2-7,11-12H,8-9H2,1H3;2-8,12,16H,9-10H2,1H3;2-8,12H,9-10H2,1H3;3-7,11H,2,8-9H2,1H3;1-5,10H,6-8H2;1-5,9H,6-7H2,(H,11,12);3,5-7H,4H2,1-2H3;1H2;;;;;/q3*-1;;;;;-1;;5*+1/p-1/b;;13-6+;6-2+;;;;;;;;;;/t11-,12-;11-,12+;2*12-;11-;10-;9-;5-;;;;;;/m11111110....../s1. The maximum atomic E-state index is 12.3. The molecule has 0 aromatic heterocycles. The molecule has 7 aromatic rings. The van der Waals surface area contributed by atoms with Crippen LogP contribution in [0.4, 0.5) is 33.6 Å². The second-order valence-electron chi connectivity index (χ2n) is 30.7. The van der Waals surface area contributed by atoms with Crippen molar-refractivity contribution in [2.24, 2.45) is 5.11 Å². The fourth-order valence-corrected chi connectivity index (χ4v) is 15.2. The zero-order valence-electron chi connectivity index (χ0n) is 82.0. The molecule has 0 saturated carbocycles. The Balaban J connectivity index is 0.000000812. The van der Waals surface area contributed by atoms with E-state index in [0.29, 0.717) is 70.1 Å². The largest absolute Gasteiger partial charge is 1.00 e. The van der Waals surface area contributed by atoms with Crippen molar-refractivity contribution in [1.82, 2.24) is 34.1 Å². The molecule has 0 aliphatic carbocycles. The van der Waals surface area contributed by atoms with Crippen molar-refractivity contribution in [1.29, 1.82) is 0 Å². The molecular formula is C98H112Br4LiN11O24Rb4S. The van der Waals surface area contributed by atoms with Crippen LogP contribution in [0, 0.1) is 25.7 Å². The van der Waals surface area contributed by atoms with Gasteiger partial charge in [-0.05, 0) is 134 Å². The van der Waals surface area contributed by atoms with Gasteiger partial charge in [0.15, 0.2) is 0 Å². The number of carbonyl (C=O) groups is 13. The van der Waals surface area contributed by atoms with E-state index in [9.17, 15) is 75.9 Å². The number of imide groups is 5. The third kappa shape index (κ3) is 49.2. The number of ether oxygens (including phenoxy) is 7. The van der Waals surface area contributed by atoms with Gasteiger partial charge < -0.3 is 72.9 Å². The van der Waals surface area contributed by atoms with E-state index in [2.05, 4.69) is 83.8 Å². The van der Waals surface area contributed by atoms with Crippen LogP contribution >= 0.6 is 63.7 Å². The van der Waals surface area contributed by atoms with E-state index in [4.69, 9.17) is 43.8 Å². The zero-order chi connectivity index (χ0) is 101. The van der Waals surface area contributed by atoms with Crippen molar-refractivity contribution in [2.45, 2.75) is 152 Å². The number of rotatable bonds is 29. The first-order valence-electron chi connectivity index (χ1n) is 43.6. The second-order valence-corrected chi connectivity index (χ2v) is 35.4. The fraction of sp³-hybridized carbons (Fsp3) is 0.357. The van der Waals surface area contributed by atoms with Gasteiger partial charge in [-0.2, -0.15) is 26.8 Å². The molecule has 0 unspecified atom stereocenters. The van der Waals surface area contributed by atoms with Crippen LogP contribution in [0.3, 0.4) is 0 Å². The average Bonchev–Trinajstić information content (AvgIpc) is 1.67. The first-order chi connectivity index (χ1) is 66.3. The fourth-order valence-electron chi connectivity index (χ4n) is 14.0. The SMILES string of the molecule is C/C=C/C(=O)N1C(=O)OC[C@H]1Cc1ccccc1.CCC(=O)N1C(=O)OC[C@H]1Cc1ccccc1.C[CH-]/C=C(/O)N1C(=O)OC[C@H]1Cc1ccccc1.C[CH-][C@@H](Br)C(=O)N1C(=O)OC[C@H]1Cc1ccccc1.C[CH-][C@@H](CO)NS(C)(=O)=O.C[CH-][C@H](N=[N+]=[N-])C(=O)N1C(=O)OC[C@H]1Cc1ccccc1.O=C(Br)CBr.O=C(CBr)N1C(=O)OC[C@H]1Cc1ccccc1.O=C1[N-][C@H](Cc2ccccc2)CO1.[Li+].[Rb+].[Rb+].[Rb+].[Rb+]. The maximum absolute atomic E-state index is 12.3. The summed E-state index contributed by atoms with van der Waals surface area (Å²) in [6, 6.07) is 65.6. The topological polar surface area (TPSA) is 455 Å². The molecule has 7 aliphatic heterocycles. The Morgan fingerprint density at radius 1 is 0.476 bits per heavy atom. The van der Waals surface area contributed by atoms with Gasteiger partial charge in [0.1, 0.15) is 39.6 Å². The van der Waals surface area contributed by atoms with E-state index in [0.717, 1.165) is 51.0 Å². The Hall–Kier alpha value is -4.48. The normalized spacial score (nSPS) is 18.2. The molecule has 7 fully saturated rings. The number of carbonyl (C=O) groups excluding carboxylic acids is 13. The number of benzene rings is 7. The molecule has 143 heavy (non-hydrogen) atoms. The smallest absolute Gasteiger partial charge is 0.612 e. The van der Waals surface area contributed by atoms with Crippen LogP contribution in [-0.2, 0) is 117 Å². The van der Waals surface area contributed by atoms with Crippen LogP contribution in [-0.4, -0.2) is 254 Å². The minimum Gasteiger partial charge on any atom is -0.612 e. The van der Waals surface area contributed by atoms with Crippen LogP contribution in [0.25, 0.3) is 15.8 Å². The van der Waals surface area contributed by atoms with Crippen LogP contribution in [0.1, 0.15) is 86.9 Å². The van der Waals surface area contributed by atoms with Crippen LogP contribution in [0.15, 0.2) is 242 Å². The molecule has 35 nitrogen and oxygen atoms in total. The number of allylic oxidation sites excluding steroid dienone is 2. The van der Waals surface area contributed by atoms with E-state index in [1.807, 2.05) is 212 Å². The minimum absolute atomic E-state index is 0. The Morgan fingerprint density at radius 3 is 1.04 bits per heavy atom. The number of amides is 12. The Labute approximate surface area is 1080 Å². The summed E-state index contributed by atoms with van der Waals surface area (Å²) in [5.41, 5.74) is 16.1. The quantitative estimate of drug-likeness (QED) is 0.00570. The van der Waals surface area contributed by atoms with E-state index in [1.54, 1.807) is 66.9 Å². The summed E-state index contributed by atoms with van der Waals surface area (Å²) in [5, 5.41) is 26.1. The molecule has 10 atom stereocenters. The van der Waals surface area contributed by atoms with Gasteiger partial charge in [-0.15, -0.1) is 28.0 Å². The number of nitrogens with zero attached hydrogens (tertiary/aromatic N) is 10. The predicted octanol–water partition coefficient (Wildman–Crippen LogP) is 1.39. The van der Waals surface area contributed by atoms with Gasteiger partial charge in [0.2, 0.25) is 44.4 Å². The zero-order valence-corrected chi connectivity index (χ0v) is 109. The molecule has 0 radical (unpaired) electrons. The van der Waals surface area contributed by atoms with Gasteiger partial charge in [-0.3, -0.25) is 33.6 Å². The molecule has 742 valence electrons. The number of aliphatic hydroxyl groups is 2. The van der Waals surface area contributed by atoms with Crippen LogP contribution in [0.5, 0.6) is 0 Å². The molecule has 7 aliphatic rings. The number of aliphatic hydroxyl groups excluding tert-OH is 2. The Kier molecular flexibility index (Phi) is 72.7. The summed E-state index contributed by atoms with van der Waals surface area (Å²) in [5.74, 6) is -1.65. The van der Waals surface area contributed by atoms with Crippen LogP contribution < -0.4 is 256 Å². The predicted molar refractivity (Wildman–Crippen MR) is 528 cm³/mol. The van der Waals surface area contributed by atoms with Crippen molar-refractivity contribution in [3.63, 3.8) is 0 Å². The minimum atomic E-state index is -3.19. The third-order valence-corrected chi connectivity index (χ3v) is 24.2. The molecule has 7 saturated heterocycles. The number of halogens is 4. The summed E-state index contributed by atoms with van der Waals surface area (Å²) in [4.78, 5) is 159. The molecular weight excluding hydrogens is 2420 g/mol. The first-order valence-corrected chi connectivity index (χ1v) is 49.5. The first kappa shape index (κ1) is 137. The molecule has 14 rings (SSSR count). The average molecular weight is 2530 g/mol. The molecule has 0 spiro atoms. The van der Waals surface area contributed by atoms with Gasteiger partial charge in [0.25, 0.3) is 5.91 Å². The Bertz CT molecular complexity index is 5170. The number of azide groups is 1. The van der Waals surface area contributed by atoms with Gasteiger partial charge in [-0.25, -0.2) is 72.8 Å². The second kappa shape index (κ2) is 76.1. The molecule has 12 amide bonds. The van der Waals surface area contributed by atoms with Crippen molar-refractivity contribution >= 4 is 151 Å². The molecule has 7 heterocycles. The van der Waals surface area contributed by atoms with Crippen LogP contribution in [0.2, 0.25) is 0 Å². The Morgan fingerprint density at radius 2 is 0.776 bits per heavy atom. The summed E-state index contributed by atoms with van der Waals surface area (Å²) >= 11 is 11.9. The van der Waals surface area contributed by atoms with Gasteiger partial charge in [0, 0.05) is 18.9 Å². The van der Waals surface area contributed by atoms with Gasteiger partial charge >= 0.3 is 288 Å². The van der Waals surface area contributed by atoms with Gasteiger partial charge in [0.05, 0.1) is 59.8 Å². The van der Waals surface area contributed by atoms with Crippen molar-refractivity contribution in [3.05, 3.63) is 317 Å². The summed E-state index contributed by atoms with van der Waals surface area (Å²) in [6.07, 6.45) is 13.0. The number of hydrogen-bond donors (Lipinski definition) is 3.